The van der Waals surface area contributed by atoms with E-state index in [1.807, 2.05) is 30.3 Å². The number of sulfonamides is 1. The molecule has 120 valence electrons. The molecule has 2 heterocycles. The molecule has 1 aromatic carbocycles. The van der Waals surface area contributed by atoms with Crippen LogP contribution in [-0.4, -0.2) is 41.6 Å². The van der Waals surface area contributed by atoms with Gasteiger partial charge in [-0.3, -0.25) is 0 Å². The standard InChI is InChI=1S/C14H18N4O2S.ClH/c15-12-5-4-8-17(10-12)21(19,20)14-9-16-18(11-14)13-6-2-1-3-7-13;/h1-3,6-7,9,11-12H,4-5,8,10,15H2;1H. The van der Waals surface area contributed by atoms with Crippen LogP contribution in [0.25, 0.3) is 5.69 Å². The summed E-state index contributed by atoms with van der Waals surface area (Å²) in [5, 5.41) is 4.15. The molecule has 1 aromatic heterocycles. The van der Waals surface area contributed by atoms with Crippen molar-refractivity contribution in [1.82, 2.24) is 14.1 Å². The topological polar surface area (TPSA) is 81.2 Å². The van der Waals surface area contributed by atoms with Gasteiger partial charge >= 0.3 is 0 Å². The minimum absolute atomic E-state index is 0. The summed E-state index contributed by atoms with van der Waals surface area (Å²) in [4.78, 5) is 0.209. The SMILES string of the molecule is Cl.NC1CCCN(S(=O)(=O)c2cnn(-c3ccccc3)c2)C1. The lowest BCUT2D eigenvalue weighted by molar-refractivity contribution is 0.316. The third-order valence-corrected chi connectivity index (χ3v) is 5.46. The van der Waals surface area contributed by atoms with E-state index in [2.05, 4.69) is 5.10 Å². The van der Waals surface area contributed by atoms with Crippen LogP contribution in [0.15, 0.2) is 47.6 Å². The van der Waals surface area contributed by atoms with Crippen LogP contribution in [0.3, 0.4) is 0 Å². The van der Waals surface area contributed by atoms with E-state index >= 15 is 0 Å². The first-order valence-electron chi connectivity index (χ1n) is 6.93. The monoisotopic (exact) mass is 342 g/mol. The normalized spacial score (nSPS) is 19.6. The molecule has 1 fully saturated rings. The Kier molecular flexibility index (Phi) is 5.23. The van der Waals surface area contributed by atoms with Gasteiger partial charge in [0.25, 0.3) is 0 Å². The molecule has 0 radical (unpaired) electrons. The van der Waals surface area contributed by atoms with Crippen molar-refractivity contribution in [2.45, 2.75) is 23.8 Å². The Bertz CT molecular complexity index is 717. The molecule has 2 N–H and O–H groups in total. The lowest BCUT2D eigenvalue weighted by atomic mass is 10.1. The Hall–Kier alpha value is -1.41. The molecule has 0 aliphatic carbocycles. The minimum atomic E-state index is -3.51. The highest BCUT2D eigenvalue weighted by molar-refractivity contribution is 7.89. The van der Waals surface area contributed by atoms with Crippen LogP contribution in [0.1, 0.15) is 12.8 Å². The van der Waals surface area contributed by atoms with Gasteiger partial charge in [0.2, 0.25) is 10.0 Å². The molecule has 6 nitrogen and oxygen atoms in total. The zero-order chi connectivity index (χ0) is 14.9. The van der Waals surface area contributed by atoms with Crippen LogP contribution in [0.5, 0.6) is 0 Å². The smallest absolute Gasteiger partial charge is 0.246 e. The van der Waals surface area contributed by atoms with E-state index in [1.54, 1.807) is 10.9 Å². The fourth-order valence-corrected chi connectivity index (χ4v) is 3.97. The molecule has 1 aliphatic heterocycles. The summed E-state index contributed by atoms with van der Waals surface area (Å²) in [5.74, 6) is 0. The molecule has 1 aliphatic rings. The van der Waals surface area contributed by atoms with Crippen molar-refractivity contribution in [2.75, 3.05) is 13.1 Å². The summed E-state index contributed by atoms with van der Waals surface area (Å²) in [5.41, 5.74) is 6.70. The average molecular weight is 343 g/mol. The predicted molar refractivity (Wildman–Crippen MR) is 86.8 cm³/mol. The van der Waals surface area contributed by atoms with Gasteiger partial charge in [-0.2, -0.15) is 9.40 Å². The molecule has 0 saturated carbocycles. The molecule has 1 atom stereocenters. The van der Waals surface area contributed by atoms with Crippen molar-refractivity contribution in [3.63, 3.8) is 0 Å². The Morgan fingerprint density at radius 3 is 2.64 bits per heavy atom. The first-order chi connectivity index (χ1) is 10.1. The van der Waals surface area contributed by atoms with Gasteiger partial charge in [0.1, 0.15) is 4.90 Å². The highest BCUT2D eigenvalue weighted by atomic mass is 35.5. The number of benzene rings is 1. The van der Waals surface area contributed by atoms with Gasteiger partial charge in [-0.15, -0.1) is 12.4 Å². The summed E-state index contributed by atoms with van der Waals surface area (Å²) in [6.07, 6.45) is 4.61. The van der Waals surface area contributed by atoms with Gasteiger partial charge < -0.3 is 5.73 Å². The maximum atomic E-state index is 12.6. The summed E-state index contributed by atoms with van der Waals surface area (Å²) >= 11 is 0. The summed E-state index contributed by atoms with van der Waals surface area (Å²) < 4.78 is 28.2. The predicted octanol–water partition coefficient (Wildman–Crippen LogP) is 1.41. The second-order valence-electron chi connectivity index (χ2n) is 5.22. The maximum absolute atomic E-state index is 12.6. The van der Waals surface area contributed by atoms with Crippen molar-refractivity contribution in [3.8, 4) is 5.69 Å². The summed E-state index contributed by atoms with van der Waals surface area (Å²) in [6.45, 7) is 0.894. The van der Waals surface area contributed by atoms with Crippen LogP contribution in [0, 0.1) is 0 Å². The van der Waals surface area contributed by atoms with E-state index in [0.717, 1.165) is 18.5 Å². The Balaban J connectivity index is 0.00000176. The first-order valence-corrected chi connectivity index (χ1v) is 8.37. The summed E-state index contributed by atoms with van der Waals surface area (Å²) in [6, 6.07) is 9.34. The van der Waals surface area contributed by atoms with E-state index in [4.69, 9.17) is 5.73 Å². The second-order valence-corrected chi connectivity index (χ2v) is 7.16. The average Bonchev–Trinajstić information content (AvgIpc) is 2.99. The molecule has 0 spiro atoms. The zero-order valence-electron chi connectivity index (χ0n) is 12.0. The molecular weight excluding hydrogens is 324 g/mol. The van der Waals surface area contributed by atoms with Crippen molar-refractivity contribution in [3.05, 3.63) is 42.7 Å². The Labute approximate surface area is 136 Å². The van der Waals surface area contributed by atoms with Crippen molar-refractivity contribution in [1.29, 1.82) is 0 Å². The van der Waals surface area contributed by atoms with Crippen LogP contribution < -0.4 is 5.73 Å². The minimum Gasteiger partial charge on any atom is -0.327 e. The number of nitrogens with zero attached hydrogens (tertiary/aromatic N) is 3. The maximum Gasteiger partial charge on any atom is 0.246 e. The number of nitrogens with two attached hydrogens (primary N) is 1. The van der Waals surface area contributed by atoms with Gasteiger partial charge in [-0.25, -0.2) is 13.1 Å². The largest absolute Gasteiger partial charge is 0.327 e. The highest BCUT2D eigenvalue weighted by Crippen LogP contribution is 2.20. The van der Waals surface area contributed by atoms with Gasteiger partial charge in [0.05, 0.1) is 18.1 Å². The van der Waals surface area contributed by atoms with E-state index in [1.165, 1.54) is 10.5 Å². The van der Waals surface area contributed by atoms with Crippen molar-refractivity contribution < 1.29 is 8.42 Å². The van der Waals surface area contributed by atoms with Crippen LogP contribution in [0.4, 0.5) is 0 Å². The molecule has 0 amide bonds. The van der Waals surface area contributed by atoms with Crippen LogP contribution in [-0.2, 0) is 10.0 Å². The van der Waals surface area contributed by atoms with Crippen LogP contribution >= 0.6 is 12.4 Å². The van der Waals surface area contributed by atoms with Gasteiger partial charge in [0, 0.05) is 19.1 Å². The number of piperidine rings is 1. The zero-order valence-corrected chi connectivity index (χ0v) is 13.6. The number of halogens is 1. The Morgan fingerprint density at radius 1 is 1.23 bits per heavy atom. The fourth-order valence-electron chi connectivity index (χ4n) is 2.50. The van der Waals surface area contributed by atoms with E-state index in [0.29, 0.717) is 13.1 Å². The quantitative estimate of drug-likeness (QED) is 0.914. The fraction of sp³-hybridized carbons (Fsp3) is 0.357. The molecule has 1 saturated heterocycles. The number of para-hydroxylation sites is 1. The van der Waals surface area contributed by atoms with Crippen molar-refractivity contribution in [2.24, 2.45) is 5.73 Å². The first kappa shape index (κ1) is 17.0. The Morgan fingerprint density at radius 2 is 1.95 bits per heavy atom. The second kappa shape index (κ2) is 6.78. The molecule has 2 aromatic rings. The van der Waals surface area contributed by atoms with Crippen molar-refractivity contribution >= 4 is 22.4 Å². The molecule has 1 unspecified atom stereocenters. The number of rotatable bonds is 3. The highest BCUT2D eigenvalue weighted by Gasteiger charge is 2.29. The van der Waals surface area contributed by atoms with Crippen LogP contribution in [0.2, 0.25) is 0 Å². The van der Waals surface area contributed by atoms with Gasteiger partial charge in [-0.05, 0) is 25.0 Å². The molecule has 22 heavy (non-hydrogen) atoms. The van der Waals surface area contributed by atoms with Gasteiger partial charge in [0.15, 0.2) is 0 Å². The third kappa shape index (κ3) is 3.33. The van der Waals surface area contributed by atoms with E-state index in [-0.39, 0.29) is 23.3 Å². The number of hydrogen-bond donors (Lipinski definition) is 1. The molecule has 0 bridgehead atoms. The number of aromatic nitrogens is 2. The van der Waals surface area contributed by atoms with Gasteiger partial charge in [-0.1, -0.05) is 18.2 Å². The molecule has 8 heteroatoms. The van der Waals surface area contributed by atoms with E-state index in [9.17, 15) is 8.42 Å². The molecular formula is C14H19ClN4O2S. The lowest BCUT2D eigenvalue weighted by Gasteiger charge is -2.29. The lowest BCUT2D eigenvalue weighted by Crippen LogP contribution is -2.45. The summed E-state index contributed by atoms with van der Waals surface area (Å²) in [7, 11) is -3.51. The number of hydrogen-bond acceptors (Lipinski definition) is 4. The third-order valence-electron chi connectivity index (χ3n) is 3.64. The van der Waals surface area contributed by atoms with E-state index < -0.39 is 10.0 Å². The molecule has 3 rings (SSSR count).